The van der Waals surface area contributed by atoms with Gasteiger partial charge < -0.3 is 4.90 Å². The van der Waals surface area contributed by atoms with Crippen molar-refractivity contribution in [3.63, 3.8) is 0 Å². The Morgan fingerprint density at radius 1 is 1.06 bits per heavy atom. The van der Waals surface area contributed by atoms with Crippen molar-refractivity contribution >= 4 is 22.4 Å². The molecule has 2 nitrogen and oxygen atoms in total. The minimum atomic E-state index is -4.87. The zero-order chi connectivity index (χ0) is 13.3. The largest absolute Gasteiger partial charge is 0.471 e. The van der Waals surface area contributed by atoms with Crippen molar-refractivity contribution in [2.75, 3.05) is 11.9 Å². The Hall–Kier alpha value is -2.04. The average molecular weight is 253 g/mol. The Labute approximate surface area is 102 Å². The summed E-state index contributed by atoms with van der Waals surface area (Å²) in [6.45, 7) is 0. The third-order valence-electron chi connectivity index (χ3n) is 2.68. The number of nitrogens with zero attached hydrogens (tertiary/aromatic N) is 1. The third-order valence-corrected chi connectivity index (χ3v) is 2.68. The molecule has 18 heavy (non-hydrogen) atoms. The zero-order valence-corrected chi connectivity index (χ0v) is 9.53. The maximum atomic E-state index is 12.4. The molecule has 0 unspecified atom stereocenters. The maximum absolute atomic E-state index is 12.4. The maximum Gasteiger partial charge on any atom is 0.471 e. The van der Waals surface area contributed by atoms with E-state index in [0.717, 1.165) is 12.4 Å². The van der Waals surface area contributed by atoms with E-state index in [9.17, 15) is 18.0 Å². The number of anilines is 1. The molecule has 0 aliphatic heterocycles. The van der Waals surface area contributed by atoms with Crippen molar-refractivity contribution in [2.24, 2.45) is 0 Å². The molecule has 0 atom stereocenters. The van der Waals surface area contributed by atoms with Gasteiger partial charge in [-0.25, -0.2) is 0 Å². The fourth-order valence-corrected chi connectivity index (χ4v) is 1.80. The van der Waals surface area contributed by atoms with Gasteiger partial charge in [-0.05, 0) is 11.5 Å². The molecule has 0 radical (unpaired) electrons. The van der Waals surface area contributed by atoms with Crippen molar-refractivity contribution in [3.8, 4) is 0 Å². The van der Waals surface area contributed by atoms with Crippen LogP contribution in [0, 0.1) is 0 Å². The Morgan fingerprint density at radius 3 is 2.33 bits per heavy atom. The summed E-state index contributed by atoms with van der Waals surface area (Å²) >= 11 is 0. The third kappa shape index (κ3) is 2.16. The predicted molar refractivity (Wildman–Crippen MR) is 63.4 cm³/mol. The van der Waals surface area contributed by atoms with Gasteiger partial charge in [0, 0.05) is 12.4 Å². The monoisotopic (exact) mass is 253 g/mol. The van der Waals surface area contributed by atoms with Crippen LogP contribution in [0.25, 0.3) is 10.8 Å². The van der Waals surface area contributed by atoms with Gasteiger partial charge in [0.2, 0.25) is 0 Å². The van der Waals surface area contributed by atoms with Crippen LogP contribution in [0.4, 0.5) is 18.9 Å². The van der Waals surface area contributed by atoms with Crippen molar-refractivity contribution in [3.05, 3.63) is 42.5 Å². The SMILES string of the molecule is CN(C(=O)C(F)(F)F)c1cccc2ccccc12. The van der Waals surface area contributed by atoms with Gasteiger partial charge in [0.05, 0.1) is 5.69 Å². The number of alkyl halides is 3. The molecule has 0 spiro atoms. The molecule has 0 aliphatic carbocycles. The molecule has 0 saturated carbocycles. The van der Waals surface area contributed by atoms with Crippen LogP contribution < -0.4 is 4.90 Å². The standard InChI is InChI=1S/C13H10F3NO/c1-17(12(18)13(14,15)16)11-8-4-6-9-5-2-3-7-10(9)11/h2-8H,1H3. The minimum Gasteiger partial charge on any atom is -0.307 e. The molecule has 0 N–H and O–H groups in total. The Balaban J connectivity index is 2.52. The van der Waals surface area contributed by atoms with E-state index in [0.29, 0.717) is 10.3 Å². The molecule has 2 aromatic rings. The smallest absolute Gasteiger partial charge is 0.307 e. The number of carbonyl (C=O) groups excluding carboxylic acids is 1. The van der Waals surface area contributed by atoms with E-state index in [-0.39, 0.29) is 5.69 Å². The number of rotatable bonds is 1. The Kier molecular flexibility index (Phi) is 2.98. The van der Waals surface area contributed by atoms with E-state index < -0.39 is 12.1 Å². The van der Waals surface area contributed by atoms with Gasteiger partial charge >= 0.3 is 12.1 Å². The first-order chi connectivity index (χ1) is 8.41. The molecule has 2 aromatic carbocycles. The molecule has 0 aliphatic rings. The second kappa shape index (κ2) is 4.33. The quantitative estimate of drug-likeness (QED) is 0.763. The van der Waals surface area contributed by atoms with Crippen molar-refractivity contribution in [1.82, 2.24) is 0 Å². The lowest BCUT2D eigenvalue weighted by molar-refractivity contribution is -0.170. The van der Waals surface area contributed by atoms with Gasteiger partial charge in [-0.1, -0.05) is 36.4 Å². The van der Waals surface area contributed by atoms with Crippen LogP contribution in [0.15, 0.2) is 42.5 Å². The van der Waals surface area contributed by atoms with Crippen molar-refractivity contribution in [2.45, 2.75) is 6.18 Å². The first-order valence-corrected chi connectivity index (χ1v) is 5.24. The molecule has 0 heterocycles. The van der Waals surface area contributed by atoms with Crippen LogP contribution in [0.5, 0.6) is 0 Å². The molecule has 1 amide bonds. The second-order valence-corrected chi connectivity index (χ2v) is 3.86. The van der Waals surface area contributed by atoms with Crippen LogP contribution in [0.3, 0.4) is 0 Å². The summed E-state index contributed by atoms with van der Waals surface area (Å²) in [5.41, 5.74) is 0.246. The first-order valence-electron chi connectivity index (χ1n) is 5.24. The van der Waals surface area contributed by atoms with Gasteiger partial charge in [0.15, 0.2) is 0 Å². The molecule has 0 saturated heterocycles. The highest BCUT2D eigenvalue weighted by atomic mass is 19.4. The number of hydrogen-bond donors (Lipinski definition) is 0. The highest BCUT2D eigenvalue weighted by molar-refractivity contribution is 6.05. The van der Waals surface area contributed by atoms with Crippen molar-refractivity contribution < 1.29 is 18.0 Å². The summed E-state index contributed by atoms with van der Waals surface area (Å²) in [7, 11) is 1.12. The highest BCUT2D eigenvalue weighted by Crippen LogP contribution is 2.28. The summed E-state index contributed by atoms with van der Waals surface area (Å²) in [6, 6.07) is 11.9. The second-order valence-electron chi connectivity index (χ2n) is 3.86. The van der Waals surface area contributed by atoms with Crippen molar-refractivity contribution in [1.29, 1.82) is 0 Å². The van der Waals surface area contributed by atoms with Gasteiger partial charge in [0.1, 0.15) is 0 Å². The summed E-state index contributed by atoms with van der Waals surface area (Å²) < 4.78 is 37.2. The van der Waals surface area contributed by atoms with E-state index >= 15 is 0 Å². The number of halogens is 3. The number of fused-ring (bicyclic) bond motifs is 1. The molecular formula is C13H10F3NO. The molecule has 0 bridgehead atoms. The highest BCUT2D eigenvalue weighted by Gasteiger charge is 2.41. The van der Waals surface area contributed by atoms with E-state index in [4.69, 9.17) is 0 Å². The van der Waals surface area contributed by atoms with Gasteiger partial charge in [-0.15, -0.1) is 0 Å². The molecular weight excluding hydrogens is 243 g/mol. The fraction of sp³-hybridized carbons (Fsp3) is 0.154. The molecule has 5 heteroatoms. The minimum absolute atomic E-state index is 0.246. The molecule has 2 rings (SSSR count). The number of benzene rings is 2. The number of carbonyl (C=O) groups is 1. The van der Waals surface area contributed by atoms with Crippen LogP contribution in [-0.4, -0.2) is 19.1 Å². The predicted octanol–water partition coefficient (Wildman–Crippen LogP) is 3.36. The number of hydrogen-bond acceptors (Lipinski definition) is 1. The van der Waals surface area contributed by atoms with Crippen LogP contribution in [0.2, 0.25) is 0 Å². The summed E-state index contributed by atoms with van der Waals surface area (Å²) in [5, 5.41) is 1.40. The Morgan fingerprint density at radius 2 is 1.67 bits per heavy atom. The lowest BCUT2D eigenvalue weighted by atomic mass is 10.1. The van der Waals surface area contributed by atoms with E-state index in [1.165, 1.54) is 6.07 Å². The van der Waals surface area contributed by atoms with Gasteiger partial charge in [-0.2, -0.15) is 13.2 Å². The molecule has 0 aromatic heterocycles. The van der Waals surface area contributed by atoms with Crippen LogP contribution >= 0.6 is 0 Å². The molecule has 94 valence electrons. The Bertz CT molecular complexity index is 587. The topological polar surface area (TPSA) is 20.3 Å². The zero-order valence-electron chi connectivity index (χ0n) is 9.53. The summed E-state index contributed by atoms with van der Waals surface area (Å²) in [6.07, 6.45) is -4.87. The fourth-order valence-electron chi connectivity index (χ4n) is 1.80. The summed E-state index contributed by atoms with van der Waals surface area (Å²) in [4.78, 5) is 11.8. The van der Waals surface area contributed by atoms with Crippen LogP contribution in [-0.2, 0) is 4.79 Å². The normalized spacial score (nSPS) is 11.6. The average Bonchev–Trinajstić information content (AvgIpc) is 2.35. The van der Waals surface area contributed by atoms with Crippen LogP contribution in [0.1, 0.15) is 0 Å². The van der Waals surface area contributed by atoms with E-state index in [1.54, 1.807) is 36.4 Å². The number of amides is 1. The molecule has 0 fully saturated rings. The van der Waals surface area contributed by atoms with Gasteiger partial charge in [0.25, 0.3) is 0 Å². The lowest BCUT2D eigenvalue weighted by Gasteiger charge is -2.20. The lowest BCUT2D eigenvalue weighted by Crippen LogP contribution is -2.38. The van der Waals surface area contributed by atoms with E-state index in [1.807, 2.05) is 0 Å². The van der Waals surface area contributed by atoms with Gasteiger partial charge in [-0.3, -0.25) is 4.79 Å². The van der Waals surface area contributed by atoms with E-state index in [2.05, 4.69) is 0 Å². The summed E-state index contributed by atoms with van der Waals surface area (Å²) in [5.74, 6) is -1.88. The first kappa shape index (κ1) is 12.4.